The highest BCUT2D eigenvalue weighted by Gasteiger charge is 2.53. The molecule has 1 nitrogen and oxygen atoms in total. The van der Waals surface area contributed by atoms with Crippen molar-refractivity contribution in [3.05, 3.63) is 0 Å². The van der Waals surface area contributed by atoms with Crippen LogP contribution >= 0.6 is 22.6 Å². The lowest BCUT2D eigenvalue weighted by molar-refractivity contribution is -0.0444. The van der Waals surface area contributed by atoms with E-state index in [9.17, 15) is 0 Å². The third kappa shape index (κ3) is 1.24. The van der Waals surface area contributed by atoms with Crippen LogP contribution in [-0.4, -0.2) is 3.92 Å². The minimum Gasteiger partial charge on any atom is -0.197 e. The second-order valence-corrected chi connectivity index (χ2v) is 7.02. The van der Waals surface area contributed by atoms with Crippen molar-refractivity contribution < 1.29 is 0 Å². The van der Waals surface area contributed by atoms with Crippen molar-refractivity contribution in [3.63, 3.8) is 0 Å². The van der Waals surface area contributed by atoms with Crippen molar-refractivity contribution in [2.75, 3.05) is 0 Å². The van der Waals surface area contributed by atoms with Crippen LogP contribution in [0.15, 0.2) is 0 Å². The van der Waals surface area contributed by atoms with Gasteiger partial charge in [-0.15, -0.1) is 0 Å². The second-order valence-electron chi connectivity index (χ2n) is 5.77. The number of hydrogen-bond acceptors (Lipinski definition) is 1. The summed E-state index contributed by atoms with van der Waals surface area (Å²) in [5, 5.41) is 9.14. The fourth-order valence-corrected chi connectivity index (χ4v) is 5.39. The van der Waals surface area contributed by atoms with Gasteiger partial charge in [0.05, 0.1) is 6.07 Å². The molecule has 0 aromatic heterocycles. The minimum atomic E-state index is 0.272. The Morgan fingerprint density at radius 2 is 1.50 bits per heavy atom. The van der Waals surface area contributed by atoms with E-state index in [1.54, 1.807) is 0 Å². The lowest BCUT2D eigenvalue weighted by atomic mass is 9.49. The van der Waals surface area contributed by atoms with Gasteiger partial charge in [-0.2, -0.15) is 5.26 Å². The molecule has 76 valence electrons. The van der Waals surface area contributed by atoms with E-state index in [1.807, 2.05) is 0 Å². The number of rotatable bonds is 1. The highest BCUT2D eigenvalue weighted by atomic mass is 127. The van der Waals surface area contributed by atoms with Gasteiger partial charge in [-0.25, -0.2) is 0 Å². The zero-order valence-electron chi connectivity index (χ0n) is 8.38. The van der Waals surface area contributed by atoms with Gasteiger partial charge in [0.25, 0.3) is 0 Å². The number of alkyl halides is 1. The molecule has 0 saturated heterocycles. The first-order chi connectivity index (χ1) is 6.72. The van der Waals surface area contributed by atoms with E-state index in [4.69, 9.17) is 5.26 Å². The molecule has 2 heteroatoms. The molecule has 0 aliphatic heterocycles. The van der Waals surface area contributed by atoms with Crippen LogP contribution in [0.3, 0.4) is 0 Å². The van der Waals surface area contributed by atoms with Crippen LogP contribution in [0.25, 0.3) is 0 Å². The van der Waals surface area contributed by atoms with Crippen LogP contribution in [0, 0.1) is 34.5 Å². The van der Waals surface area contributed by atoms with Gasteiger partial charge in [-0.1, -0.05) is 22.6 Å². The van der Waals surface area contributed by atoms with Gasteiger partial charge < -0.3 is 0 Å². The smallest absolute Gasteiger partial charge is 0.103 e. The summed E-state index contributed by atoms with van der Waals surface area (Å²) in [5.74, 6) is 2.94. The van der Waals surface area contributed by atoms with E-state index in [0.29, 0.717) is 5.41 Å². The number of halogens is 1. The van der Waals surface area contributed by atoms with Crippen molar-refractivity contribution >= 4 is 22.6 Å². The quantitative estimate of drug-likeness (QED) is 0.537. The maximum Gasteiger partial charge on any atom is 0.103 e. The van der Waals surface area contributed by atoms with Gasteiger partial charge in [0.1, 0.15) is 3.92 Å². The monoisotopic (exact) mass is 301 g/mol. The molecular weight excluding hydrogens is 285 g/mol. The molecule has 4 fully saturated rings. The van der Waals surface area contributed by atoms with Crippen molar-refractivity contribution in [2.24, 2.45) is 23.2 Å². The Morgan fingerprint density at radius 1 is 1.07 bits per heavy atom. The van der Waals surface area contributed by atoms with Crippen molar-refractivity contribution in [3.8, 4) is 6.07 Å². The Kier molecular flexibility index (Phi) is 2.09. The zero-order chi connectivity index (χ0) is 9.76. The Hall–Kier alpha value is 0.220. The fourth-order valence-electron chi connectivity index (χ4n) is 4.62. The lowest BCUT2D eigenvalue weighted by Gasteiger charge is -2.57. The van der Waals surface area contributed by atoms with Gasteiger partial charge >= 0.3 is 0 Å². The first-order valence-electron chi connectivity index (χ1n) is 5.75. The molecule has 0 radical (unpaired) electrons. The standard InChI is InChI=1S/C12H16IN/c13-11(7-14)12-4-8-1-9(5-12)3-10(2-8)6-12/h8-11H,1-6H2/t8?,9?,10?,11-,12?/m1/s1. The van der Waals surface area contributed by atoms with E-state index < -0.39 is 0 Å². The van der Waals surface area contributed by atoms with Gasteiger partial charge in [0.2, 0.25) is 0 Å². The molecule has 0 amide bonds. The lowest BCUT2D eigenvalue weighted by Crippen LogP contribution is -2.49. The third-order valence-corrected chi connectivity index (χ3v) is 6.34. The van der Waals surface area contributed by atoms with Crippen LogP contribution in [0.4, 0.5) is 0 Å². The molecule has 4 saturated carbocycles. The molecular formula is C12H16IN. The maximum atomic E-state index is 9.14. The van der Waals surface area contributed by atoms with Crippen LogP contribution in [0.2, 0.25) is 0 Å². The van der Waals surface area contributed by atoms with Gasteiger partial charge in [0, 0.05) is 0 Å². The zero-order valence-corrected chi connectivity index (χ0v) is 10.5. The molecule has 4 bridgehead atoms. The summed E-state index contributed by atoms with van der Waals surface area (Å²) in [6.07, 6.45) is 8.52. The van der Waals surface area contributed by atoms with E-state index in [2.05, 4.69) is 28.7 Å². The highest BCUT2D eigenvalue weighted by molar-refractivity contribution is 14.1. The summed E-state index contributed by atoms with van der Waals surface area (Å²) in [5.41, 5.74) is 0.435. The molecule has 4 rings (SSSR count). The van der Waals surface area contributed by atoms with Crippen LogP contribution in [0.5, 0.6) is 0 Å². The third-order valence-electron chi connectivity index (χ3n) is 4.74. The summed E-state index contributed by atoms with van der Waals surface area (Å²) in [6, 6.07) is 2.51. The Bertz CT molecular complexity index is 256. The number of hydrogen-bond donors (Lipinski definition) is 0. The molecule has 0 spiro atoms. The van der Waals surface area contributed by atoms with Crippen LogP contribution in [0.1, 0.15) is 38.5 Å². The van der Waals surface area contributed by atoms with Crippen molar-refractivity contribution in [1.29, 1.82) is 5.26 Å². The highest BCUT2D eigenvalue weighted by Crippen LogP contribution is 2.62. The fraction of sp³-hybridized carbons (Fsp3) is 0.917. The molecule has 1 atom stereocenters. The largest absolute Gasteiger partial charge is 0.197 e. The Balaban J connectivity index is 1.91. The maximum absolute atomic E-state index is 9.14. The number of nitrogens with zero attached hydrogens (tertiary/aromatic N) is 1. The Labute approximate surface area is 99.4 Å². The first kappa shape index (κ1) is 9.45. The molecule has 0 aromatic rings. The molecule has 0 N–H and O–H groups in total. The summed E-state index contributed by atoms with van der Waals surface area (Å²) in [6.45, 7) is 0. The van der Waals surface area contributed by atoms with E-state index in [1.165, 1.54) is 38.5 Å². The first-order valence-corrected chi connectivity index (χ1v) is 7.00. The van der Waals surface area contributed by atoms with Gasteiger partial charge in [-0.3, -0.25) is 0 Å². The van der Waals surface area contributed by atoms with Crippen molar-refractivity contribution in [2.45, 2.75) is 42.4 Å². The van der Waals surface area contributed by atoms with Crippen LogP contribution in [-0.2, 0) is 0 Å². The second kappa shape index (κ2) is 3.10. The molecule has 14 heavy (non-hydrogen) atoms. The van der Waals surface area contributed by atoms with E-state index in [0.717, 1.165) is 17.8 Å². The topological polar surface area (TPSA) is 23.8 Å². The van der Waals surface area contributed by atoms with Crippen molar-refractivity contribution in [1.82, 2.24) is 0 Å². The van der Waals surface area contributed by atoms with Crippen LogP contribution < -0.4 is 0 Å². The Morgan fingerprint density at radius 3 is 1.86 bits per heavy atom. The minimum absolute atomic E-state index is 0.272. The predicted molar refractivity (Wildman–Crippen MR) is 64.0 cm³/mol. The van der Waals surface area contributed by atoms with Gasteiger partial charge in [0.15, 0.2) is 0 Å². The summed E-state index contributed by atoms with van der Waals surface area (Å²) in [4.78, 5) is 0. The molecule has 4 aliphatic rings. The molecule has 0 heterocycles. The average Bonchev–Trinajstić information content (AvgIpc) is 2.14. The van der Waals surface area contributed by atoms with Gasteiger partial charge in [-0.05, 0) is 61.7 Å². The molecule has 0 unspecified atom stereocenters. The predicted octanol–water partition coefficient (Wildman–Crippen LogP) is 3.53. The summed E-state index contributed by atoms with van der Waals surface area (Å²) < 4.78 is 0.272. The molecule has 4 aliphatic carbocycles. The summed E-state index contributed by atoms with van der Waals surface area (Å²) in [7, 11) is 0. The molecule has 0 aromatic carbocycles. The average molecular weight is 301 g/mol. The van der Waals surface area contributed by atoms with E-state index >= 15 is 0 Å². The van der Waals surface area contributed by atoms with E-state index in [-0.39, 0.29) is 3.92 Å². The SMILES string of the molecule is N#C[C@@H](I)C12CC3CC(CC(C3)C1)C2. The summed E-state index contributed by atoms with van der Waals surface area (Å²) >= 11 is 2.39. The normalized spacial score (nSPS) is 51.6. The number of nitriles is 1.